The molecule has 0 amide bonds. The fourth-order valence-electron chi connectivity index (χ4n) is 3.86. The van der Waals surface area contributed by atoms with E-state index in [4.69, 9.17) is 5.84 Å². The van der Waals surface area contributed by atoms with Crippen molar-refractivity contribution in [3.05, 3.63) is 0 Å². The first-order valence-corrected chi connectivity index (χ1v) is 7.04. The lowest BCUT2D eigenvalue weighted by Gasteiger charge is -2.48. The van der Waals surface area contributed by atoms with E-state index < -0.39 is 0 Å². The minimum Gasteiger partial charge on any atom is -0.296 e. The molecule has 2 fully saturated rings. The SMILES string of the molecule is CCC(NN)C1(N2CCCCC2)CCCC1. The van der Waals surface area contributed by atoms with Crippen molar-refractivity contribution < 1.29 is 0 Å². The number of nitrogens with two attached hydrogens (primary N) is 1. The maximum atomic E-state index is 5.78. The van der Waals surface area contributed by atoms with Crippen LogP contribution in [0, 0.1) is 0 Å². The average molecular weight is 225 g/mol. The number of piperidine rings is 1. The molecule has 16 heavy (non-hydrogen) atoms. The lowest BCUT2D eigenvalue weighted by molar-refractivity contribution is 0.0354. The summed E-state index contributed by atoms with van der Waals surface area (Å²) in [6, 6.07) is 0.480. The summed E-state index contributed by atoms with van der Waals surface area (Å²) in [7, 11) is 0. The van der Waals surface area contributed by atoms with Crippen molar-refractivity contribution in [3.8, 4) is 0 Å². The molecule has 1 unspecified atom stereocenters. The van der Waals surface area contributed by atoms with Gasteiger partial charge in [0, 0.05) is 11.6 Å². The van der Waals surface area contributed by atoms with E-state index in [-0.39, 0.29) is 0 Å². The van der Waals surface area contributed by atoms with Crippen LogP contribution in [0.4, 0.5) is 0 Å². The summed E-state index contributed by atoms with van der Waals surface area (Å²) >= 11 is 0. The number of hydrazine groups is 1. The van der Waals surface area contributed by atoms with Crippen molar-refractivity contribution in [3.63, 3.8) is 0 Å². The summed E-state index contributed by atoms with van der Waals surface area (Å²) in [5.41, 5.74) is 3.47. The fraction of sp³-hybridized carbons (Fsp3) is 1.00. The van der Waals surface area contributed by atoms with Crippen LogP contribution in [0.15, 0.2) is 0 Å². The molecule has 0 radical (unpaired) electrons. The second kappa shape index (κ2) is 5.48. The molecule has 94 valence electrons. The molecular weight excluding hydrogens is 198 g/mol. The highest BCUT2D eigenvalue weighted by atomic mass is 15.3. The minimum atomic E-state index is 0.379. The van der Waals surface area contributed by atoms with Gasteiger partial charge in [-0.2, -0.15) is 0 Å². The first-order valence-electron chi connectivity index (χ1n) is 7.04. The summed E-state index contributed by atoms with van der Waals surface area (Å²) in [5.74, 6) is 5.78. The fourth-order valence-corrected chi connectivity index (χ4v) is 3.86. The Balaban J connectivity index is 2.12. The second-order valence-corrected chi connectivity index (χ2v) is 5.49. The molecule has 2 rings (SSSR count). The molecule has 1 saturated carbocycles. The van der Waals surface area contributed by atoms with E-state index in [1.54, 1.807) is 0 Å². The van der Waals surface area contributed by atoms with Gasteiger partial charge in [-0.15, -0.1) is 0 Å². The molecule has 1 aliphatic carbocycles. The molecule has 3 N–H and O–H groups in total. The largest absolute Gasteiger partial charge is 0.296 e. The van der Waals surface area contributed by atoms with Crippen LogP contribution in [0.25, 0.3) is 0 Å². The van der Waals surface area contributed by atoms with Crippen molar-refractivity contribution in [1.29, 1.82) is 0 Å². The number of rotatable bonds is 4. The molecule has 1 atom stereocenters. The molecule has 1 heterocycles. The third kappa shape index (κ3) is 2.13. The van der Waals surface area contributed by atoms with Crippen molar-refractivity contribution in [2.75, 3.05) is 13.1 Å². The molecule has 1 saturated heterocycles. The Labute approximate surface area is 99.7 Å². The standard InChI is InChI=1S/C13H27N3/c1-2-12(15-14)13(8-4-5-9-13)16-10-6-3-7-11-16/h12,15H,2-11,14H2,1H3. The van der Waals surface area contributed by atoms with Crippen molar-refractivity contribution in [1.82, 2.24) is 10.3 Å². The third-order valence-corrected chi connectivity index (χ3v) is 4.71. The third-order valence-electron chi connectivity index (χ3n) is 4.71. The maximum Gasteiger partial charge on any atom is 0.0392 e. The Bertz CT molecular complexity index is 201. The zero-order chi connectivity index (χ0) is 11.4. The van der Waals surface area contributed by atoms with Gasteiger partial charge in [0.05, 0.1) is 0 Å². The van der Waals surface area contributed by atoms with Gasteiger partial charge in [-0.05, 0) is 45.2 Å². The van der Waals surface area contributed by atoms with Gasteiger partial charge in [-0.3, -0.25) is 16.2 Å². The van der Waals surface area contributed by atoms with Gasteiger partial charge in [0.15, 0.2) is 0 Å². The maximum absolute atomic E-state index is 5.78. The van der Waals surface area contributed by atoms with Crippen LogP contribution in [0.2, 0.25) is 0 Å². The van der Waals surface area contributed by atoms with Crippen molar-refractivity contribution in [2.24, 2.45) is 5.84 Å². The van der Waals surface area contributed by atoms with Crippen LogP contribution in [0.5, 0.6) is 0 Å². The first kappa shape index (κ1) is 12.3. The van der Waals surface area contributed by atoms with E-state index in [2.05, 4.69) is 17.2 Å². The predicted molar refractivity (Wildman–Crippen MR) is 68.0 cm³/mol. The molecule has 0 aromatic carbocycles. The highest BCUT2D eigenvalue weighted by molar-refractivity contribution is 5.03. The monoisotopic (exact) mass is 225 g/mol. The molecule has 0 aromatic heterocycles. The van der Waals surface area contributed by atoms with Gasteiger partial charge in [-0.25, -0.2) is 0 Å². The summed E-state index contributed by atoms with van der Waals surface area (Å²) in [5, 5.41) is 0. The van der Waals surface area contributed by atoms with E-state index in [9.17, 15) is 0 Å². The number of nitrogens with zero attached hydrogens (tertiary/aromatic N) is 1. The van der Waals surface area contributed by atoms with Gasteiger partial charge in [0.25, 0.3) is 0 Å². The van der Waals surface area contributed by atoms with Crippen molar-refractivity contribution >= 4 is 0 Å². The van der Waals surface area contributed by atoms with Crippen LogP contribution in [0.1, 0.15) is 58.3 Å². The molecule has 3 heteroatoms. The Morgan fingerprint density at radius 2 is 1.75 bits per heavy atom. The van der Waals surface area contributed by atoms with E-state index >= 15 is 0 Å². The Morgan fingerprint density at radius 3 is 2.25 bits per heavy atom. The van der Waals surface area contributed by atoms with Crippen LogP contribution >= 0.6 is 0 Å². The summed E-state index contributed by atoms with van der Waals surface area (Å²) in [6.07, 6.45) is 10.8. The minimum absolute atomic E-state index is 0.379. The van der Waals surface area contributed by atoms with Gasteiger partial charge >= 0.3 is 0 Å². The molecule has 1 aliphatic heterocycles. The highest BCUT2D eigenvalue weighted by Crippen LogP contribution is 2.40. The van der Waals surface area contributed by atoms with Crippen LogP contribution in [-0.2, 0) is 0 Å². The van der Waals surface area contributed by atoms with Crippen molar-refractivity contribution in [2.45, 2.75) is 69.9 Å². The zero-order valence-corrected chi connectivity index (χ0v) is 10.7. The van der Waals surface area contributed by atoms with E-state index in [0.717, 1.165) is 6.42 Å². The van der Waals surface area contributed by atoms with E-state index in [1.807, 2.05) is 0 Å². The molecule has 3 nitrogen and oxygen atoms in total. The number of nitrogens with one attached hydrogen (secondary N) is 1. The summed E-state index contributed by atoms with van der Waals surface area (Å²) in [4.78, 5) is 2.75. The lowest BCUT2D eigenvalue weighted by atomic mass is 9.83. The van der Waals surface area contributed by atoms with Gasteiger partial charge in [0.1, 0.15) is 0 Å². The van der Waals surface area contributed by atoms with E-state index in [1.165, 1.54) is 58.0 Å². The smallest absolute Gasteiger partial charge is 0.0392 e. The molecule has 0 aromatic rings. The Morgan fingerprint density at radius 1 is 1.12 bits per heavy atom. The highest BCUT2D eigenvalue weighted by Gasteiger charge is 2.44. The number of hydrogen-bond acceptors (Lipinski definition) is 3. The lowest BCUT2D eigenvalue weighted by Crippen LogP contribution is -2.62. The molecule has 0 spiro atoms. The number of likely N-dealkylation sites (tertiary alicyclic amines) is 1. The Kier molecular flexibility index (Phi) is 4.22. The molecular formula is C13H27N3. The van der Waals surface area contributed by atoms with Crippen LogP contribution in [-0.4, -0.2) is 29.6 Å². The topological polar surface area (TPSA) is 41.3 Å². The quantitative estimate of drug-likeness (QED) is 0.568. The van der Waals surface area contributed by atoms with Crippen LogP contribution in [0.3, 0.4) is 0 Å². The predicted octanol–water partition coefficient (Wildman–Crippen LogP) is 2.03. The van der Waals surface area contributed by atoms with E-state index in [0.29, 0.717) is 11.6 Å². The second-order valence-electron chi connectivity index (χ2n) is 5.49. The average Bonchev–Trinajstić information content (AvgIpc) is 2.82. The Hall–Kier alpha value is -0.120. The first-order chi connectivity index (χ1) is 7.83. The normalized spacial score (nSPS) is 28.1. The summed E-state index contributed by atoms with van der Waals surface area (Å²) in [6.45, 7) is 4.84. The zero-order valence-electron chi connectivity index (χ0n) is 10.7. The summed E-state index contributed by atoms with van der Waals surface area (Å²) < 4.78 is 0. The van der Waals surface area contributed by atoms with Gasteiger partial charge in [0.2, 0.25) is 0 Å². The number of hydrogen-bond donors (Lipinski definition) is 2. The van der Waals surface area contributed by atoms with Crippen LogP contribution < -0.4 is 11.3 Å². The molecule has 0 bridgehead atoms. The van der Waals surface area contributed by atoms with Gasteiger partial charge < -0.3 is 0 Å². The van der Waals surface area contributed by atoms with Gasteiger partial charge in [-0.1, -0.05) is 26.2 Å². The molecule has 2 aliphatic rings.